The molecule has 0 spiro atoms. The number of carbonyl (C=O) groups is 2. The Balaban J connectivity index is 1.23. The van der Waals surface area contributed by atoms with Crippen molar-refractivity contribution < 1.29 is 23.8 Å². The average Bonchev–Trinajstić information content (AvgIpc) is 3.44. The number of rotatable bonds is 5. The summed E-state index contributed by atoms with van der Waals surface area (Å²) < 4.78 is 15.6. The van der Waals surface area contributed by atoms with Gasteiger partial charge in [0, 0.05) is 29.7 Å². The van der Waals surface area contributed by atoms with Crippen molar-refractivity contribution in [2.24, 2.45) is 0 Å². The Morgan fingerprint density at radius 1 is 1.10 bits per heavy atom. The third-order valence-corrected chi connectivity index (χ3v) is 4.64. The molecule has 9 heteroatoms. The molecule has 2 aromatic heterocycles. The highest BCUT2D eigenvalue weighted by Gasteiger charge is 2.16. The summed E-state index contributed by atoms with van der Waals surface area (Å²) in [7, 11) is 0. The minimum absolute atomic E-state index is 0.148. The highest BCUT2D eigenvalue weighted by atomic mass is 16.7. The molecule has 31 heavy (non-hydrogen) atoms. The number of hydrogen-bond acceptors (Lipinski definition) is 7. The predicted molar refractivity (Wildman–Crippen MR) is 111 cm³/mol. The fourth-order valence-corrected chi connectivity index (χ4v) is 3.16. The molecule has 1 aliphatic rings. The first-order valence-electron chi connectivity index (χ1n) is 9.42. The number of hydrogen-bond donors (Lipinski definition) is 2. The van der Waals surface area contributed by atoms with Gasteiger partial charge in [0.15, 0.2) is 18.1 Å². The highest BCUT2D eigenvalue weighted by molar-refractivity contribution is 5.97. The zero-order valence-corrected chi connectivity index (χ0v) is 16.1. The number of fused-ring (bicyclic) bond motifs is 2. The van der Waals surface area contributed by atoms with Crippen LogP contribution in [-0.4, -0.2) is 40.2 Å². The molecule has 9 nitrogen and oxygen atoms in total. The number of anilines is 1. The molecular formula is C22H16N4O5. The van der Waals surface area contributed by atoms with Gasteiger partial charge in [0.25, 0.3) is 5.91 Å². The number of carbonyl (C=O) groups excluding carboxylic acids is 2. The molecule has 0 bridgehead atoms. The van der Waals surface area contributed by atoms with Gasteiger partial charge in [-0.2, -0.15) is 0 Å². The second-order valence-electron chi connectivity index (χ2n) is 6.75. The van der Waals surface area contributed by atoms with Crippen LogP contribution in [0.2, 0.25) is 0 Å². The number of esters is 1. The number of imidazole rings is 1. The lowest BCUT2D eigenvalue weighted by Gasteiger charge is -2.07. The van der Waals surface area contributed by atoms with Crippen molar-refractivity contribution in [3.63, 3.8) is 0 Å². The number of H-pyrrole nitrogens is 1. The molecule has 0 saturated carbocycles. The smallest absolute Gasteiger partial charge is 0.338 e. The topological polar surface area (TPSA) is 115 Å². The van der Waals surface area contributed by atoms with Crippen molar-refractivity contribution in [3.8, 4) is 22.9 Å². The molecule has 5 rings (SSSR count). The van der Waals surface area contributed by atoms with Gasteiger partial charge in [0.05, 0.1) is 16.6 Å². The summed E-state index contributed by atoms with van der Waals surface area (Å²) in [6, 6.07) is 13.7. The summed E-state index contributed by atoms with van der Waals surface area (Å²) in [4.78, 5) is 36.3. The number of aromatic nitrogens is 3. The fraction of sp³-hybridized carbons (Fsp3) is 0.0909. The molecule has 3 heterocycles. The largest absolute Gasteiger partial charge is 0.454 e. The van der Waals surface area contributed by atoms with Crippen LogP contribution in [0.4, 0.5) is 5.69 Å². The number of pyridine rings is 1. The summed E-state index contributed by atoms with van der Waals surface area (Å²) in [6.07, 6.45) is 3.38. The quantitative estimate of drug-likeness (QED) is 0.480. The number of amides is 1. The standard InChI is InChI=1S/C22H16N4O5/c27-20(24-15-4-6-18-19(9-15)31-12-30-18)11-29-22(28)13-3-5-16-17(8-13)26-21(25-16)14-2-1-7-23-10-14/h1-10H,11-12H2,(H,24,27)(H,25,26). The van der Waals surface area contributed by atoms with Crippen LogP contribution in [0.15, 0.2) is 60.9 Å². The summed E-state index contributed by atoms with van der Waals surface area (Å²) in [5, 5.41) is 2.66. The van der Waals surface area contributed by atoms with E-state index in [2.05, 4.69) is 20.3 Å². The van der Waals surface area contributed by atoms with Gasteiger partial charge in [-0.3, -0.25) is 9.78 Å². The number of nitrogens with one attached hydrogen (secondary N) is 2. The second-order valence-corrected chi connectivity index (χ2v) is 6.75. The van der Waals surface area contributed by atoms with E-state index >= 15 is 0 Å². The van der Waals surface area contributed by atoms with Gasteiger partial charge in [-0.05, 0) is 42.5 Å². The summed E-state index contributed by atoms with van der Waals surface area (Å²) in [5.41, 5.74) is 3.05. The average molecular weight is 416 g/mol. The van der Waals surface area contributed by atoms with E-state index in [1.54, 1.807) is 48.8 Å². The zero-order chi connectivity index (χ0) is 21.2. The van der Waals surface area contributed by atoms with E-state index in [-0.39, 0.29) is 6.79 Å². The van der Waals surface area contributed by atoms with Crippen LogP contribution in [0.1, 0.15) is 10.4 Å². The number of aromatic amines is 1. The third kappa shape index (κ3) is 3.88. The Kier molecular flexibility index (Phi) is 4.68. The SMILES string of the molecule is O=C(COC(=O)c1ccc2nc(-c3cccnc3)[nH]c2c1)Nc1ccc2c(c1)OCO2. The maximum absolute atomic E-state index is 12.4. The van der Waals surface area contributed by atoms with Gasteiger partial charge in [-0.15, -0.1) is 0 Å². The minimum Gasteiger partial charge on any atom is -0.454 e. The Hall–Kier alpha value is -4.40. The molecule has 2 N–H and O–H groups in total. The first-order chi connectivity index (χ1) is 15.2. The molecule has 2 aromatic carbocycles. The molecule has 0 unspecified atom stereocenters. The van der Waals surface area contributed by atoms with Gasteiger partial charge >= 0.3 is 5.97 Å². The van der Waals surface area contributed by atoms with E-state index in [0.29, 0.717) is 39.6 Å². The fourth-order valence-electron chi connectivity index (χ4n) is 3.16. The van der Waals surface area contributed by atoms with E-state index in [9.17, 15) is 9.59 Å². The number of benzene rings is 2. The lowest BCUT2D eigenvalue weighted by Crippen LogP contribution is -2.20. The van der Waals surface area contributed by atoms with E-state index < -0.39 is 18.5 Å². The van der Waals surface area contributed by atoms with Crippen LogP contribution < -0.4 is 14.8 Å². The van der Waals surface area contributed by atoms with Gasteiger partial charge in [0.1, 0.15) is 5.82 Å². The van der Waals surface area contributed by atoms with E-state index in [4.69, 9.17) is 14.2 Å². The lowest BCUT2D eigenvalue weighted by atomic mass is 10.2. The highest BCUT2D eigenvalue weighted by Crippen LogP contribution is 2.34. The molecule has 4 aromatic rings. The minimum atomic E-state index is -0.611. The Bertz CT molecular complexity index is 1290. The van der Waals surface area contributed by atoms with Gasteiger partial charge < -0.3 is 24.5 Å². The molecule has 0 aliphatic carbocycles. The van der Waals surface area contributed by atoms with Gasteiger partial charge in [-0.25, -0.2) is 9.78 Å². The molecule has 154 valence electrons. The molecule has 0 atom stereocenters. The molecular weight excluding hydrogens is 400 g/mol. The number of nitrogens with zero attached hydrogens (tertiary/aromatic N) is 2. The second kappa shape index (κ2) is 7.79. The normalized spacial score (nSPS) is 12.0. The first-order valence-corrected chi connectivity index (χ1v) is 9.42. The van der Waals surface area contributed by atoms with E-state index in [0.717, 1.165) is 5.56 Å². The van der Waals surface area contributed by atoms with Crippen molar-refractivity contribution in [1.29, 1.82) is 0 Å². The van der Waals surface area contributed by atoms with Gasteiger partial charge in [-0.1, -0.05) is 0 Å². The predicted octanol–water partition coefficient (Wildman–Crippen LogP) is 3.15. The van der Waals surface area contributed by atoms with Crippen molar-refractivity contribution in [3.05, 3.63) is 66.5 Å². The van der Waals surface area contributed by atoms with E-state index in [1.165, 1.54) is 0 Å². The number of ether oxygens (including phenoxy) is 3. The van der Waals surface area contributed by atoms with Crippen LogP contribution in [0, 0.1) is 0 Å². The zero-order valence-electron chi connectivity index (χ0n) is 16.1. The Morgan fingerprint density at radius 3 is 2.87 bits per heavy atom. The van der Waals surface area contributed by atoms with Gasteiger partial charge in [0.2, 0.25) is 6.79 Å². The maximum Gasteiger partial charge on any atom is 0.338 e. The van der Waals surface area contributed by atoms with Crippen LogP contribution in [0.5, 0.6) is 11.5 Å². The molecule has 0 radical (unpaired) electrons. The molecule has 0 fully saturated rings. The summed E-state index contributed by atoms with van der Waals surface area (Å²) in [5.74, 6) is 0.740. The van der Waals surface area contributed by atoms with Crippen LogP contribution >= 0.6 is 0 Å². The summed E-state index contributed by atoms with van der Waals surface area (Å²) in [6.45, 7) is -0.274. The Labute approximate surface area is 176 Å². The first kappa shape index (κ1) is 18.6. The van der Waals surface area contributed by atoms with Crippen molar-refractivity contribution in [2.75, 3.05) is 18.7 Å². The van der Waals surface area contributed by atoms with Crippen LogP contribution in [-0.2, 0) is 9.53 Å². The van der Waals surface area contributed by atoms with Crippen LogP contribution in [0.3, 0.4) is 0 Å². The third-order valence-electron chi connectivity index (χ3n) is 4.64. The van der Waals surface area contributed by atoms with Crippen molar-refractivity contribution in [1.82, 2.24) is 15.0 Å². The molecule has 1 amide bonds. The maximum atomic E-state index is 12.4. The lowest BCUT2D eigenvalue weighted by molar-refractivity contribution is -0.119. The van der Waals surface area contributed by atoms with E-state index in [1.807, 2.05) is 12.1 Å². The summed E-state index contributed by atoms with van der Waals surface area (Å²) >= 11 is 0. The van der Waals surface area contributed by atoms with Crippen LogP contribution in [0.25, 0.3) is 22.4 Å². The Morgan fingerprint density at radius 2 is 2.00 bits per heavy atom. The van der Waals surface area contributed by atoms with Crippen molar-refractivity contribution >= 4 is 28.6 Å². The van der Waals surface area contributed by atoms with Crippen molar-refractivity contribution in [2.45, 2.75) is 0 Å². The monoisotopic (exact) mass is 416 g/mol. The molecule has 1 aliphatic heterocycles. The molecule has 0 saturated heterocycles.